The van der Waals surface area contributed by atoms with E-state index in [0.29, 0.717) is 26.9 Å². The van der Waals surface area contributed by atoms with E-state index >= 15 is 0 Å². The van der Waals surface area contributed by atoms with Crippen LogP contribution in [-0.4, -0.2) is 30.6 Å². The zero-order valence-electron chi connectivity index (χ0n) is 12.1. The first-order chi connectivity index (χ1) is 11.4. The van der Waals surface area contributed by atoms with E-state index in [0.717, 1.165) is 0 Å². The second-order valence-corrected chi connectivity index (χ2v) is 5.63. The molecule has 6 heteroatoms. The van der Waals surface area contributed by atoms with Gasteiger partial charge in [-0.3, -0.25) is 0 Å². The summed E-state index contributed by atoms with van der Waals surface area (Å²) in [4.78, 5) is 0. The van der Waals surface area contributed by atoms with Gasteiger partial charge in [0, 0.05) is 5.39 Å². The highest BCUT2D eigenvalue weighted by Crippen LogP contribution is 2.47. The quantitative estimate of drug-likeness (QED) is 0.218. The monoisotopic (exact) mass is 324 g/mol. The number of benzene rings is 4. The third-order valence-electron chi connectivity index (χ3n) is 4.24. The molecule has 0 aliphatic carbocycles. The predicted octanol–water partition coefficient (Wildman–Crippen LogP) is 3.38. The lowest BCUT2D eigenvalue weighted by molar-refractivity contribution is 0.404. The number of phenolic OH excluding ortho intramolecular Hbond substituents is 6. The minimum atomic E-state index is -0.381. The topological polar surface area (TPSA) is 121 Å². The summed E-state index contributed by atoms with van der Waals surface area (Å²) in [7, 11) is 0. The molecule has 24 heavy (non-hydrogen) atoms. The SMILES string of the molecule is Oc1cc2c(cc1O)c1ccc(O)c(O)c1c1cc(O)c(O)cc21. The fourth-order valence-electron chi connectivity index (χ4n) is 3.11. The fraction of sp³-hybridized carbons (Fsp3) is 0. The van der Waals surface area contributed by atoms with Gasteiger partial charge >= 0.3 is 0 Å². The van der Waals surface area contributed by atoms with Gasteiger partial charge in [-0.2, -0.15) is 0 Å². The molecule has 0 fully saturated rings. The number of hydrogen-bond acceptors (Lipinski definition) is 6. The molecule has 0 saturated heterocycles. The zero-order valence-corrected chi connectivity index (χ0v) is 12.1. The van der Waals surface area contributed by atoms with E-state index in [-0.39, 0.29) is 39.9 Å². The Morgan fingerprint density at radius 1 is 0.417 bits per heavy atom. The van der Waals surface area contributed by atoms with Crippen LogP contribution in [0.25, 0.3) is 32.3 Å². The summed E-state index contributed by atoms with van der Waals surface area (Å²) in [5.41, 5.74) is 0. The molecule has 0 saturated carbocycles. The molecule has 4 rings (SSSR count). The third-order valence-corrected chi connectivity index (χ3v) is 4.24. The molecular formula is C18H12O6. The second-order valence-electron chi connectivity index (χ2n) is 5.63. The Balaban J connectivity index is 2.43. The smallest absolute Gasteiger partial charge is 0.166 e. The van der Waals surface area contributed by atoms with Crippen LogP contribution in [0.2, 0.25) is 0 Å². The molecule has 0 aromatic heterocycles. The maximum Gasteiger partial charge on any atom is 0.166 e. The highest BCUT2D eigenvalue weighted by atomic mass is 16.3. The van der Waals surface area contributed by atoms with Crippen molar-refractivity contribution < 1.29 is 30.6 Å². The van der Waals surface area contributed by atoms with Crippen LogP contribution >= 0.6 is 0 Å². The van der Waals surface area contributed by atoms with Crippen LogP contribution < -0.4 is 0 Å². The standard InChI is InChI=1S/C18H12O6/c19-12-2-1-7-8-3-13(20)14(21)4-9(8)10-5-15(22)16(23)6-11(10)17(7)18(12)24/h1-6,19-24H. The first-order valence-electron chi connectivity index (χ1n) is 7.06. The Morgan fingerprint density at radius 3 is 1.38 bits per heavy atom. The average Bonchev–Trinajstić information content (AvgIpc) is 2.54. The van der Waals surface area contributed by atoms with Crippen molar-refractivity contribution in [3.63, 3.8) is 0 Å². The van der Waals surface area contributed by atoms with Crippen molar-refractivity contribution in [1.82, 2.24) is 0 Å². The molecule has 0 aliphatic rings. The van der Waals surface area contributed by atoms with Crippen molar-refractivity contribution in [1.29, 1.82) is 0 Å². The number of hydrogen-bond donors (Lipinski definition) is 6. The summed E-state index contributed by atoms with van der Waals surface area (Å²) in [6, 6.07) is 8.13. The van der Waals surface area contributed by atoms with Gasteiger partial charge in [-0.25, -0.2) is 0 Å². The minimum absolute atomic E-state index is 0.262. The van der Waals surface area contributed by atoms with Crippen LogP contribution in [0, 0.1) is 0 Å². The van der Waals surface area contributed by atoms with Crippen LogP contribution in [0.3, 0.4) is 0 Å². The Morgan fingerprint density at radius 2 is 0.833 bits per heavy atom. The van der Waals surface area contributed by atoms with Crippen molar-refractivity contribution >= 4 is 32.3 Å². The molecule has 0 aliphatic heterocycles. The molecule has 0 radical (unpaired) electrons. The molecule has 6 nitrogen and oxygen atoms in total. The van der Waals surface area contributed by atoms with Crippen molar-refractivity contribution in [2.24, 2.45) is 0 Å². The molecule has 120 valence electrons. The Kier molecular flexibility index (Phi) is 2.63. The van der Waals surface area contributed by atoms with E-state index in [2.05, 4.69) is 0 Å². The normalized spacial score (nSPS) is 11.5. The molecule has 0 amide bonds. The van der Waals surface area contributed by atoms with Crippen molar-refractivity contribution in [3.05, 3.63) is 36.4 Å². The predicted molar refractivity (Wildman–Crippen MR) is 88.9 cm³/mol. The van der Waals surface area contributed by atoms with Crippen LogP contribution in [0.1, 0.15) is 0 Å². The molecule has 4 aromatic carbocycles. The summed E-state index contributed by atoms with van der Waals surface area (Å²) >= 11 is 0. The van der Waals surface area contributed by atoms with Crippen LogP contribution in [0.4, 0.5) is 0 Å². The van der Waals surface area contributed by atoms with E-state index < -0.39 is 0 Å². The van der Waals surface area contributed by atoms with Gasteiger partial charge in [0.1, 0.15) is 0 Å². The van der Waals surface area contributed by atoms with Gasteiger partial charge in [-0.05, 0) is 63.3 Å². The van der Waals surface area contributed by atoms with E-state index in [1.165, 1.54) is 30.3 Å². The van der Waals surface area contributed by atoms with Gasteiger partial charge < -0.3 is 30.6 Å². The Bertz CT molecular complexity index is 1140. The number of aromatic hydroxyl groups is 6. The molecule has 0 spiro atoms. The van der Waals surface area contributed by atoms with Gasteiger partial charge in [0.25, 0.3) is 0 Å². The lowest BCUT2D eigenvalue weighted by Crippen LogP contribution is -1.85. The van der Waals surface area contributed by atoms with Gasteiger partial charge in [0.15, 0.2) is 34.5 Å². The highest BCUT2D eigenvalue weighted by Gasteiger charge is 2.17. The molecular weight excluding hydrogens is 312 g/mol. The van der Waals surface area contributed by atoms with E-state index in [9.17, 15) is 30.6 Å². The van der Waals surface area contributed by atoms with Gasteiger partial charge in [0.05, 0.1) is 0 Å². The molecule has 0 unspecified atom stereocenters. The van der Waals surface area contributed by atoms with E-state index in [4.69, 9.17) is 0 Å². The maximum absolute atomic E-state index is 10.3. The molecule has 0 bridgehead atoms. The Labute approximate surface area is 134 Å². The van der Waals surface area contributed by atoms with Gasteiger partial charge in [-0.1, -0.05) is 0 Å². The van der Waals surface area contributed by atoms with Crippen LogP contribution in [0.15, 0.2) is 36.4 Å². The largest absolute Gasteiger partial charge is 0.504 e. The first kappa shape index (κ1) is 14.1. The molecule has 0 atom stereocenters. The van der Waals surface area contributed by atoms with Crippen molar-refractivity contribution in [3.8, 4) is 34.5 Å². The lowest BCUT2D eigenvalue weighted by atomic mass is 9.93. The lowest BCUT2D eigenvalue weighted by Gasteiger charge is -2.14. The van der Waals surface area contributed by atoms with Crippen LogP contribution in [-0.2, 0) is 0 Å². The average molecular weight is 324 g/mol. The summed E-state index contributed by atoms with van der Waals surface area (Å²) in [5, 5.41) is 62.0. The number of rotatable bonds is 0. The van der Waals surface area contributed by atoms with Gasteiger partial charge in [-0.15, -0.1) is 0 Å². The molecule has 0 heterocycles. The fourth-order valence-corrected chi connectivity index (χ4v) is 3.11. The number of phenols is 6. The minimum Gasteiger partial charge on any atom is -0.504 e. The maximum atomic E-state index is 10.3. The zero-order chi connectivity index (χ0) is 17.2. The Hall–Kier alpha value is -3.54. The van der Waals surface area contributed by atoms with E-state index in [1.54, 1.807) is 6.07 Å². The van der Waals surface area contributed by atoms with Crippen molar-refractivity contribution in [2.45, 2.75) is 0 Å². The van der Waals surface area contributed by atoms with Gasteiger partial charge in [0.2, 0.25) is 0 Å². The van der Waals surface area contributed by atoms with E-state index in [1.807, 2.05) is 0 Å². The first-order valence-corrected chi connectivity index (χ1v) is 7.06. The molecule has 6 N–H and O–H groups in total. The number of fused-ring (bicyclic) bond motifs is 6. The van der Waals surface area contributed by atoms with Crippen molar-refractivity contribution in [2.75, 3.05) is 0 Å². The third kappa shape index (κ3) is 1.70. The summed E-state index contributed by atoms with van der Waals surface area (Å²) in [5.74, 6) is -2.13. The second kappa shape index (κ2) is 4.48. The van der Waals surface area contributed by atoms with Crippen LogP contribution in [0.5, 0.6) is 34.5 Å². The molecule has 4 aromatic rings. The summed E-state index contributed by atoms with van der Waals surface area (Å²) in [6.07, 6.45) is 0. The highest BCUT2D eigenvalue weighted by molar-refractivity contribution is 6.28. The summed E-state index contributed by atoms with van der Waals surface area (Å²) < 4.78 is 0. The summed E-state index contributed by atoms with van der Waals surface area (Å²) in [6.45, 7) is 0.